The van der Waals surface area contributed by atoms with Gasteiger partial charge in [-0.1, -0.05) is 6.07 Å². The Labute approximate surface area is 156 Å². The van der Waals surface area contributed by atoms with Crippen LogP contribution in [0.4, 0.5) is 5.69 Å². The van der Waals surface area contributed by atoms with Crippen LogP contribution in [0.15, 0.2) is 24.3 Å². The molecule has 1 aromatic rings. The van der Waals surface area contributed by atoms with E-state index in [0.717, 1.165) is 31.9 Å². The molecule has 1 N–H and O–H groups in total. The molecule has 6 nitrogen and oxygen atoms in total. The number of ether oxygens (including phenoxy) is 2. The number of carbonyl (C=O) groups excluding carboxylic acids is 1. The first-order valence-electron chi connectivity index (χ1n) is 9.65. The summed E-state index contributed by atoms with van der Waals surface area (Å²) in [7, 11) is 1.70. The molecule has 0 radical (unpaired) electrons. The van der Waals surface area contributed by atoms with Crippen molar-refractivity contribution >= 4 is 11.6 Å². The number of nitrogens with zero attached hydrogens (tertiary/aromatic N) is 2. The van der Waals surface area contributed by atoms with Gasteiger partial charge < -0.3 is 24.2 Å². The molecule has 0 bridgehead atoms. The third kappa shape index (κ3) is 4.30. The van der Waals surface area contributed by atoms with E-state index in [-0.39, 0.29) is 24.2 Å². The smallest absolute Gasteiger partial charge is 0.280 e. The van der Waals surface area contributed by atoms with Gasteiger partial charge in [0.1, 0.15) is 5.75 Å². The molecule has 2 fully saturated rings. The van der Waals surface area contributed by atoms with Crippen LogP contribution in [0.2, 0.25) is 0 Å². The summed E-state index contributed by atoms with van der Waals surface area (Å²) < 4.78 is 11.1. The quantitative estimate of drug-likeness (QED) is 0.844. The molecule has 3 rings (SSSR count). The molecule has 26 heavy (non-hydrogen) atoms. The van der Waals surface area contributed by atoms with Crippen LogP contribution in [-0.4, -0.2) is 75.4 Å². The molecule has 0 spiro atoms. The van der Waals surface area contributed by atoms with Gasteiger partial charge in [-0.2, -0.15) is 0 Å². The van der Waals surface area contributed by atoms with Crippen LogP contribution < -0.4 is 14.5 Å². The van der Waals surface area contributed by atoms with Crippen molar-refractivity contribution in [2.24, 2.45) is 0 Å². The number of nitrogens with one attached hydrogen (secondary N) is 1. The minimum atomic E-state index is -0.0000375. The SMILES string of the molecule is COc1cccc(N2CC[NH+]([C@H](C)C(=O)N3C[C@@H](C)O[C@H](C)C3)CC2)c1. The summed E-state index contributed by atoms with van der Waals surface area (Å²) in [6.45, 7) is 11.4. The van der Waals surface area contributed by atoms with Gasteiger partial charge in [0.15, 0.2) is 6.04 Å². The average molecular weight is 362 g/mol. The van der Waals surface area contributed by atoms with Gasteiger partial charge in [0.25, 0.3) is 5.91 Å². The Morgan fingerprint density at radius 2 is 1.88 bits per heavy atom. The Kier molecular flexibility index (Phi) is 6.04. The first kappa shape index (κ1) is 19.0. The van der Waals surface area contributed by atoms with Gasteiger partial charge >= 0.3 is 0 Å². The highest BCUT2D eigenvalue weighted by Gasteiger charge is 2.35. The number of benzene rings is 1. The lowest BCUT2D eigenvalue weighted by Crippen LogP contribution is -3.19. The Morgan fingerprint density at radius 3 is 2.50 bits per heavy atom. The highest BCUT2D eigenvalue weighted by atomic mass is 16.5. The van der Waals surface area contributed by atoms with Crippen molar-refractivity contribution in [3.8, 4) is 5.75 Å². The number of quaternary nitrogens is 1. The van der Waals surface area contributed by atoms with Gasteiger partial charge in [-0.3, -0.25) is 4.79 Å². The molecule has 1 amide bonds. The highest BCUT2D eigenvalue weighted by Crippen LogP contribution is 2.20. The van der Waals surface area contributed by atoms with E-state index in [1.165, 1.54) is 10.6 Å². The molecule has 0 aliphatic carbocycles. The molecule has 6 heteroatoms. The fourth-order valence-electron chi connectivity index (χ4n) is 4.10. The maximum Gasteiger partial charge on any atom is 0.280 e. The van der Waals surface area contributed by atoms with Crippen LogP contribution in [0.3, 0.4) is 0 Å². The number of amides is 1. The zero-order chi connectivity index (χ0) is 18.7. The molecular formula is C20H32N3O3+. The maximum atomic E-state index is 12.9. The topological polar surface area (TPSA) is 46.5 Å². The van der Waals surface area contributed by atoms with Crippen LogP contribution in [0.5, 0.6) is 5.75 Å². The van der Waals surface area contributed by atoms with Crippen LogP contribution in [-0.2, 0) is 9.53 Å². The Hall–Kier alpha value is -1.79. The van der Waals surface area contributed by atoms with E-state index in [1.807, 2.05) is 30.9 Å². The van der Waals surface area contributed by atoms with Crippen molar-refractivity contribution in [1.29, 1.82) is 0 Å². The van der Waals surface area contributed by atoms with E-state index in [1.54, 1.807) is 7.11 Å². The van der Waals surface area contributed by atoms with Gasteiger partial charge in [0.05, 0.1) is 45.5 Å². The summed E-state index contributed by atoms with van der Waals surface area (Å²) in [6.07, 6.45) is 0.240. The first-order valence-corrected chi connectivity index (χ1v) is 9.65. The van der Waals surface area contributed by atoms with Crippen molar-refractivity contribution in [3.63, 3.8) is 0 Å². The second-order valence-electron chi connectivity index (χ2n) is 7.57. The maximum absolute atomic E-state index is 12.9. The van der Waals surface area contributed by atoms with Crippen molar-refractivity contribution in [1.82, 2.24) is 4.90 Å². The number of hydrogen-bond acceptors (Lipinski definition) is 4. The molecule has 0 saturated carbocycles. The lowest BCUT2D eigenvalue weighted by Gasteiger charge is -2.40. The number of methoxy groups -OCH3 is 1. The molecule has 2 aliphatic rings. The van der Waals surface area contributed by atoms with Gasteiger partial charge in [0, 0.05) is 24.8 Å². The second-order valence-corrected chi connectivity index (χ2v) is 7.57. The Bertz CT molecular complexity index is 606. The number of carbonyl (C=O) groups is 1. The standard InChI is InChI=1S/C20H31N3O3/c1-15-13-23(14-16(2)26-15)20(24)17(3)21-8-10-22(11-9-21)18-6-5-7-19(12-18)25-4/h5-7,12,15-17H,8-11,13-14H2,1-4H3/p+1/t15-,16-,17-/m1/s1. The van der Waals surface area contributed by atoms with Gasteiger partial charge in [0.2, 0.25) is 0 Å². The Balaban J connectivity index is 1.56. The Morgan fingerprint density at radius 1 is 1.23 bits per heavy atom. The predicted octanol–water partition coefficient (Wildman–Crippen LogP) is 0.424. The second kappa shape index (κ2) is 8.27. The molecule has 2 aliphatic heterocycles. The zero-order valence-electron chi connectivity index (χ0n) is 16.4. The third-order valence-corrected chi connectivity index (χ3v) is 5.54. The fourth-order valence-corrected chi connectivity index (χ4v) is 4.10. The third-order valence-electron chi connectivity index (χ3n) is 5.54. The molecular weight excluding hydrogens is 330 g/mol. The summed E-state index contributed by atoms with van der Waals surface area (Å²) in [5, 5.41) is 0. The zero-order valence-corrected chi connectivity index (χ0v) is 16.4. The molecule has 2 heterocycles. The number of rotatable bonds is 4. The molecule has 0 aromatic heterocycles. The van der Waals surface area contributed by atoms with E-state index >= 15 is 0 Å². The summed E-state index contributed by atoms with van der Waals surface area (Å²) >= 11 is 0. The van der Waals surface area contributed by atoms with Gasteiger partial charge in [-0.25, -0.2) is 0 Å². The van der Waals surface area contributed by atoms with Crippen molar-refractivity contribution < 1.29 is 19.2 Å². The summed E-state index contributed by atoms with van der Waals surface area (Å²) in [4.78, 5) is 18.7. The lowest BCUT2D eigenvalue weighted by atomic mass is 10.1. The van der Waals surface area contributed by atoms with Crippen molar-refractivity contribution in [2.75, 3.05) is 51.3 Å². The van der Waals surface area contributed by atoms with Crippen LogP contribution in [0.1, 0.15) is 20.8 Å². The normalized spacial score (nSPS) is 25.8. The largest absolute Gasteiger partial charge is 0.497 e. The van der Waals surface area contributed by atoms with Gasteiger partial charge in [-0.15, -0.1) is 0 Å². The van der Waals surface area contributed by atoms with E-state index < -0.39 is 0 Å². The van der Waals surface area contributed by atoms with Crippen molar-refractivity contribution in [2.45, 2.75) is 39.0 Å². The highest BCUT2D eigenvalue weighted by molar-refractivity contribution is 5.80. The number of anilines is 1. The molecule has 0 unspecified atom stereocenters. The molecule has 3 atom stereocenters. The summed E-state index contributed by atoms with van der Waals surface area (Å²) in [5.74, 6) is 1.15. The monoisotopic (exact) mass is 362 g/mol. The van der Waals surface area contributed by atoms with E-state index in [9.17, 15) is 4.79 Å². The fraction of sp³-hybridized carbons (Fsp3) is 0.650. The van der Waals surface area contributed by atoms with E-state index in [2.05, 4.69) is 24.0 Å². The first-order chi connectivity index (χ1) is 12.5. The number of morpholine rings is 1. The van der Waals surface area contributed by atoms with Gasteiger partial charge in [-0.05, 0) is 32.9 Å². The minimum Gasteiger partial charge on any atom is -0.497 e. The van der Waals surface area contributed by atoms with E-state index in [4.69, 9.17) is 9.47 Å². The van der Waals surface area contributed by atoms with Crippen LogP contribution >= 0.6 is 0 Å². The molecule has 2 saturated heterocycles. The number of piperazine rings is 1. The van der Waals surface area contributed by atoms with E-state index in [0.29, 0.717) is 13.1 Å². The summed E-state index contributed by atoms with van der Waals surface area (Å²) in [5.41, 5.74) is 1.19. The molecule has 144 valence electrons. The predicted molar refractivity (Wildman–Crippen MR) is 102 cm³/mol. The van der Waals surface area contributed by atoms with Crippen LogP contribution in [0.25, 0.3) is 0 Å². The lowest BCUT2D eigenvalue weighted by molar-refractivity contribution is -0.915. The molecule has 1 aromatic carbocycles. The average Bonchev–Trinajstić information content (AvgIpc) is 2.66. The van der Waals surface area contributed by atoms with Crippen LogP contribution in [0, 0.1) is 0 Å². The van der Waals surface area contributed by atoms with Crippen molar-refractivity contribution in [3.05, 3.63) is 24.3 Å². The summed E-state index contributed by atoms with van der Waals surface area (Å²) in [6, 6.07) is 8.20. The number of hydrogen-bond donors (Lipinski definition) is 1. The minimum absolute atomic E-state index is 0.0000375.